The Morgan fingerprint density at radius 3 is 2.53 bits per heavy atom. The highest BCUT2D eigenvalue weighted by Gasteiger charge is 2.04. The van der Waals surface area contributed by atoms with Gasteiger partial charge in [-0.15, -0.1) is 0 Å². The zero-order valence-corrected chi connectivity index (χ0v) is 10.6. The van der Waals surface area contributed by atoms with Crippen molar-refractivity contribution < 1.29 is 14.2 Å². The lowest BCUT2D eigenvalue weighted by atomic mass is 10.2. The Kier molecular flexibility index (Phi) is 6.43. The maximum Gasteiger partial charge on any atom is 0.124 e. The minimum absolute atomic E-state index is 0.449. The van der Waals surface area contributed by atoms with E-state index < -0.39 is 0 Å². The second kappa shape index (κ2) is 7.92. The molecule has 0 aliphatic carbocycles. The largest absolute Gasteiger partial charge is 0.497 e. The Morgan fingerprint density at radius 1 is 1.12 bits per heavy atom. The number of unbranched alkanes of at least 4 members (excludes halogenated alkanes) is 1. The summed E-state index contributed by atoms with van der Waals surface area (Å²) >= 11 is 0. The fourth-order valence-electron chi connectivity index (χ4n) is 1.51. The average molecular weight is 239 g/mol. The van der Waals surface area contributed by atoms with Crippen molar-refractivity contribution in [3.05, 3.63) is 23.8 Å². The van der Waals surface area contributed by atoms with Gasteiger partial charge in [0, 0.05) is 25.8 Å². The second-order valence-corrected chi connectivity index (χ2v) is 3.73. The van der Waals surface area contributed by atoms with Gasteiger partial charge in [0.15, 0.2) is 0 Å². The quantitative estimate of drug-likeness (QED) is 0.705. The first-order valence-electron chi connectivity index (χ1n) is 5.80. The first kappa shape index (κ1) is 13.8. The summed E-state index contributed by atoms with van der Waals surface area (Å²) in [4.78, 5) is 0. The molecule has 4 nitrogen and oxygen atoms in total. The molecule has 96 valence electrons. The van der Waals surface area contributed by atoms with Crippen LogP contribution in [-0.2, 0) is 11.3 Å². The van der Waals surface area contributed by atoms with Gasteiger partial charge in [0.25, 0.3) is 0 Å². The predicted octanol–water partition coefficient (Wildman–Crippen LogP) is 1.96. The minimum Gasteiger partial charge on any atom is -0.497 e. The number of benzene rings is 1. The van der Waals surface area contributed by atoms with Crippen LogP contribution >= 0.6 is 0 Å². The molecule has 17 heavy (non-hydrogen) atoms. The molecule has 1 aromatic carbocycles. The third kappa shape index (κ3) is 4.63. The molecular formula is C13H21NO3. The van der Waals surface area contributed by atoms with Gasteiger partial charge in [-0.2, -0.15) is 0 Å². The Bertz CT molecular complexity index is 328. The van der Waals surface area contributed by atoms with Crippen LogP contribution in [-0.4, -0.2) is 27.4 Å². The van der Waals surface area contributed by atoms with Crippen molar-refractivity contribution >= 4 is 0 Å². The second-order valence-electron chi connectivity index (χ2n) is 3.73. The fourth-order valence-corrected chi connectivity index (χ4v) is 1.51. The molecule has 0 saturated carbocycles. The van der Waals surface area contributed by atoms with Gasteiger partial charge < -0.3 is 19.9 Å². The van der Waals surface area contributed by atoms with Crippen molar-refractivity contribution in [1.29, 1.82) is 0 Å². The standard InChI is InChI=1S/C13H21NO3/c1-15-7-3-4-8-17-13-6-5-12(16-2)9-11(13)10-14/h5-6,9H,3-4,7-8,10,14H2,1-2H3. The van der Waals surface area contributed by atoms with Crippen LogP contribution in [0.4, 0.5) is 0 Å². The van der Waals surface area contributed by atoms with Crippen molar-refractivity contribution in [3.8, 4) is 11.5 Å². The highest BCUT2D eigenvalue weighted by Crippen LogP contribution is 2.23. The van der Waals surface area contributed by atoms with E-state index in [0.29, 0.717) is 13.2 Å². The molecule has 4 heteroatoms. The lowest BCUT2D eigenvalue weighted by molar-refractivity contribution is 0.184. The maximum absolute atomic E-state index is 5.68. The summed E-state index contributed by atoms with van der Waals surface area (Å²) in [5, 5.41) is 0. The summed E-state index contributed by atoms with van der Waals surface area (Å²) in [6.45, 7) is 1.91. The van der Waals surface area contributed by atoms with Gasteiger partial charge in [-0.05, 0) is 31.0 Å². The van der Waals surface area contributed by atoms with E-state index in [4.69, 9.17) is 19.9 Å². The third-order valence-corrected chi connectivity index (χ3v) is 2.49. The molecule has 0 atom stereocenters. The van der Waals surface area contributed by atoms with Gasteiger partial charge in [-0.1, -0.05) is 0 Å². The molecule has 0 spiro atoms. The van der Waals surface area contributed by atoms with Crippen LogP contribution < -0.4 is 15.2 Å². The molecule has 2 N–H and O–H groups in total. The van der Waals surface area contributed by atoms with Gasteiger partial charge >= 0.3 is 0 Å². The first-order valence-corrected chi connectivity index (χ1v) is 5.80. The van der Waals surface area contributed by atoms with E-state index in [1.165, 1.54) is 0 Å². The summed E-state index contributed by atoms with van der Waals surface area (Å²) in [6.07, 6.45) is 1.98. The van der Waals surface area contributed by atoms with Crippen molar-refractivity contribution in [1.82, 2.24) is 0 Å². The van der Waals surface area contributed by atoms with Crippen LogP contribution in [0.2, 0.25) is 0 Å². The van der Waals surface area contributed by atoms with E-state index in [1.807, 2.05) is 18.2 Å². The number of methoxy groups -OCH3 is 2. The molecule has 0 heterocycles. The highest BCUT2D eigenvalue weighted by atomic mass is 16.5. The molecular weight excluding hydrogens is 218 g/mol. The van der Waals surface area contributed by atoms with E-state index in [2.05, 4.69) is 0 Å². The molecule has 0 radical (unpaired) electrons. The molecule has 0 bridgehead atoms. The van der Waals surface area contributed by atoms with E-state index >= 15 is 0 Å². The fraction of sp³-hybridized carbons (Fsp3) is 0.538. The minimum atomic E-state index is 0.449. The Labute approximate surface area is 103 Å². The van der Waals surface area contributed by atoms with Gasteiger partial charge in [0.05, 0.1) is 13.7 Å². The number of hydrogen-bond acceptors (Lipinski definition) is 4. The lowest BCUT2D eigenvalue weighted by Crippen LogP contribution is -2.05. The van der Waals surface area contributed by atoms with Crippen LogP contribution in [0, 0.1) is 0 Å². The summed E-state index contributed by atoms with van der Waals surface area (Å²) in [5.74, 6) is 1.64. The predicted molar refractivity (Wildman–Crippen MR) is 67.5 cm³/mol. The van der Waals surface area contributed by atoms with E-state index in [1.54, 1.807) is 14.2 Å². The number of ether oxygens (including phenoxy) is 3. The normalized spacial score (nSPS) is 10.3. The van der Waals surface area contributed by atoms with Crippen LogP contribution in [0.15, 0.2) is 18.2 Å². The molecule has 1 aromatic rings. The summed E-state index contributed by atoms with van der Waals surface area (Å²) in [5.41, 5.74) is 6.64. The lowest BCUT2D eigenvalue weighted by Gasteiger charge is -2.11. The van der Waals surface area contributed by atoms with E-state index in [0.717, 1.165) is 36.5 Å². The summed E-state index contributed by atoms with van der Waals surface area (Å²) < 4.78 is 15.8. The first-order chi connectivity index (χ1) is 8.31. The SMILES string of the molecule is COCCCCOc1ccc(OC)cc1CN. The van der Waals surface area contributed by atoms with Crippen LogP contribution in [0.5, 0.6) is 11.5 Å². The molecule has 0 aromatic heterocycles. The van der Waals surface area contributed by atoms with E-state index in [9.17, 15) is 0 Å². The van der Waals surface area contributed by atoms with Crippen LogP contribution in [0.1, 0.15) is 18.4 Å². The van der Waals surface area contributed by atoms with Crippen molar-refractivity contribution in [2.24, 2.45) is 5.73 Å². The van der Waals surface area contributed by atoms with E-state index in [-0.39, 0.29) is 0 Å². The molecule has 0 saturated heterocycles. The molecule has 0 amide bonds. The van der Waals surface area contributed by atoms with Gasteiger partial charge in [-0.3, -0.25) is 0 Å². The summed E-state index contributed by atoms with van der Waals surface area (Å²) in [7, 11) is 3.35. The molecule has 0 aliphatic rings. The van der Waals surface area contributed by atoms with Gasteiger partial charge in [-0.25, -0.2) is 0 Å². The van der Waals surface area contributed by atoms with Gasteiger partial charge in [0.1, 0.15) is 11.5 Å². The highest BCUT2D eigenvalue weighted by molar-refractivity contribution is 5.40. The van der Waals surface area contributed by atoms with Gasteiger partial charge in [0.2, 0.25) is 0 Å². The molecule has 0 unspecified atom stereocenters. The number of nitrogens with two attached hydrogens (primary N) is 1. The Morgan fingerprint density at radius 2 is 1.88 bits per heavy atom. The Balaban J connectivity index is 2.46. The van der Waals surface area contributed by atoms with Crippen LogP contribution in [0.25, 0.3) is 0 Å². The van der Waals surface area contributed by atoms with Crippen LogP contribution in [0.3, 0.4) is 0 Å². The number of rotatable bonds is 8. The topological polar surface area (TPSA) is 53.7 Å². The molecule has 1 rings (SSSR count). The zero-order valence-electron chi connectivity index (χ0n) is 10.6. The number of hydrogen-bond donors (Lipinski definition) is 1. The summed E-state index contributed by atoms with van der Waals surface area (Å²) in [6, 6.07) is 5.69. The smallest absolute Gasteiger partial charge is 0.124 e. The molecule has 0 fully saturated rings. The van der Waals surface area contributed by atoms with Crippen molar-refractivity contribution in [2.45, 2.75) is 19.4 Å². The third-order valence-electron chi connectivity index (χ3n) is 2.49. The maximum atomic E-state index is 5.68. The zero-order chi connectivity index (χ0) is 12.5. The average Bonchev–Trinajstić information content (AvgIpc) is 2.38. The van der Waals surface area contributed by atoms with Crippen molar-refractivity contribution in [3.63, 3.8) is 0 Å². The Hall–Kier alpha value is -1.26. The molecule has 0 aliphatic heterocycles. The van der Waals surface area contributed by atoms with Crippen molar-refractivity contribution in [2.75, 3.05) is 27.4 Å². The monoisotopic (exact) mass is 239 g/mol.